The first-order valence-electron chi connectivity index (χ1n) is 5.94. The highest BCUT2D eigenvalue weighted by molar-refractivity contribution is 5.20. The highest BCUT2D eigenvalue weighted by Gasteiger charge is 2.12. The number of hydrogen-bond acceptors (Lipinski definition) is 3. The van der Waals surface area contributed by atoms with Crippen molar-refractivity contribution in [1.29, 1.82) is 0 Å². The molecule has 1 aliphatic heterocycles. The van der Waals surface area contributed by atoms with E-state index in [4.69, 9.17) is 9.47 Å². The van der Waals surface area contributed by atoms with E-state index >= 15 is 0 Å². The number of benzene rings is 1. The van der Waals surface area contributed by atoms with Crippen molar-refractivity contribution in [3.63, 3.8) is 0 Å². The molecule has 2 rings (SSSR count). The van der Waals surface area contributed by atoms with Gasteiger partial charge in [-0.25, -0.2) is 0 Å². The van der Waals surface area contributed by atoms with Crippen molar-refractivity contribution in [2.75, 3.05) is 26.4 Å². The summed E-state index contributed by atoms with van der Waals surface area (Å²) in [5.74, 6) is 0.934. The van der Waals surface area contributed by atoms with Crippen LogP contribution in [0.2, 0.25) is 0 Å². The third-order valence-corrected chi connectivity index (χ3v) is 2.71. The van der Waals surface area contributed by atoms with Crippen LogP contribution in [0.25, 0.3) is 0 Å². The molecular weight excluding hydrogens is 202 g/mol. The van der Waals surface area contributed by atoms with Crippen molar-refractivity contribution in [2.45, 2.75) is 18.9 Å². The predicted octanol–water partition coefficient (Wildman–Crippen LogP) is 1.83. The third-order valence-electron chi connectivity index (χ3n) is 2.71. The van der Waals surface area contributed by atoms with Gasteiger partial charge in [0.05, 0.1) is 6.61 Å². The SMILES string of the molecule is c1ccc(OCCNC2CCCOC2)cc1. The Labute approximate surface area is 96.8 Å². The van der Waals surface area contributed by atoms with Gasteiger partial charge in [-0.1, -0.05) is 18.2 Å². The zero-order chi connectivity index (χ0) is 11.1. The lowest BCUT2D eigenvalue weighted by molar-refractivity contribution is 0.0693. The summed E-state index contributed by atoms with van der Waals surface area (Å²) in [7, 11) is 0. The Morgan fingerprint density at radius 3 is 2.94 bits per heavy atom. The van der Waals surface area contributed by atoms with E-state index in [1.807, 2.05) is 30.3 Å². The number of hydrogen-bond donors (Lipinski definition) is 1. The number of rotatable bonds is 5. The van der Waals surface area contributed by atoms with Gasteiger partial charge in [0.2, 0.25) is 0 Å². The van der Waals surface area contributed by atoms with Crippen LogP contribution >= 0.6 is 0 Å². The smallest absolute Gasteiger partial charge is 0.119 e. The Bertz CT molecular complexity index is 283. The van der Waals surface area contributed by atoms with Gasteiger partial charge < -0.3 is 14.8 Å². The van der Waals surface area contributed by atoms with Gasteiger partial charge in [-0.3, -0.25) is 0 Å². The zero-order valence-corrected chi connectivity index (χ0v) is 9.52. The molecule has 3 heteroatoms. The van der Waals surface area contributed by atoms with E-state index < -0.39 is 0 Å². The molecule has 1 aromatic rings. The summed E-state index contributed by atoms with van der Waals surface area (Å²) in [6.45, 7) is 3.34. The van der Waals surface area contributed by atoms with E-state index in [-0.39, 0.29) is 0 Å². The Balaban J connectivity index is 1.58. The highest BCUT2D eigenvalue weighted by Crippen LogP contribution is 2.08. The topological polar surface area (TPSA) is 30.5 Å². The Morgan fingerprint density at radius 1 is 1.31 bits per heavy atom. The lowest BCUT2D eigenvalue weighted by Gasteiger charge is -2.23. The summed E-state index contributed by atoms with van der Waals surface area (Å²) in [6.07, 6.45) is 2.38. The van der Waals surface area contributed by atoms with Gasteiger partial charge in [-0.15, -0.1) is 0 Å². The second kappa shape index (κ2) is 6.51. The monoisotopic (exact) mass is 221 g/mol. The molecule has 0 bridgehead atoms. The molecule has 3 nitrogen and oxygen atoms in total. The molecule has 1 unspecified atom stereocenters. The number of nitrogens with one attached hydrogen (secondary N) is 1. The molecule has 1 N–H and O–H groups in total. The maximum atomic E-state index is 5.59. The van der Waals surface area contributed by atoms with Crippen molar-refractivity contribution >= 4 is 0 Å². The third kappa shape index (κ3) is 3.83. The molecule has 1 aromatic carbocycles. The molecule has 0 aromatic heterocycles. The second-order valence-electron chi connectivity index (χ2n) is 4.03. The van der Waals surface area contributed by atoms with Gasteiger partial charge >= 0.3 is 0 Å². The summed E-state index contributed by atoms with van der Waals surface area (Å²) in [4.78, 5) is 0. The maximum Gasteiger partial charge on any atom is 0.119 e. The minimum atomic E-state index is 0.508. The van der Waals surface area contributed by atoms with Gasteiger partial charge in [0.25, 0.3) is 0 Å². The lowest BCUT2D eigenvalue weighted by atomic mass is 10.1. The summed E-state index contributed by atoms with van der Waals surface area (Å²) in [5.41, 5.74) is 0. The van der Waals surface area contributed by atoms with E-state index in [0.29, 0.717) is 12.6 Å². The predicted molar refractivity (Wildman–Crippen MR) is 63.8 cm³/mol. The maximum absolute atomic E-state index is 5.59. The Morgan fingerprint density at radius 2 is 2.19 bits per heavy atom. The van der Waals surface area contributed by atoms with Gasteiger partial charge in [0.15, 0.2) is 0 Å². The minimum absolute atomic E-state index is 0.508. The molecule has 16 heavy (non-hydrogen) atoms. The molecule has 1 saturated heterocycles. The van der Waals surface area contributed by atoms with Crippen molar-refractivity contribution in [2.24, 2.45) is 0 Å². The number of ether oxygens (including phenoxy) is 2. The second-order valence-corrected chi connectivity index (χ2v) is 4.03. The molecular formula is C13H19NO2. The van der Waals surface area contributed by atoms with Gasteiger partial charge in [0, 0.05) is 19.2 Å². The quantitative estimate of drug-likeness (QED) is 0.769. The first kappa shape index (κ1) is 11.4. The molecule has 0 amide bonds. The molecule has 1 atom stereocenters. The molecule has 0 radical (unpaired) electrons. The van der Waals surface area contributed by atoms with Crippen LogP contribution in [0, 0.1) is 0 Å². The average molecular weight is 221 g/mol. The molecule has 0 aliphatic carbocycles. The van der Waals surface area contributed by atoms with E-state index in [0.717, 1.165) is 31.9 Å². The number of para-hydroxylation sites is 1. The Hall–Kier alpha value is -1.06. The van der Waals surface area contributed by atoms with Crippen LogP contribution in [-0.2, 0) is 4.74 Å². The van der Waals surface area contributed by atoms with Gasteiger partial charge in [0.1, 0.15) is 12.4 Å². The summed E-state index contributed by atoms with van der Waals surface area (Å²) in [5, 5.41) is 3.44. The largest absolute Gasteiger partial charge is 0.492 e. The normalized spacial score (nSPS) is 20.6. The minimum Gasteiger partial charge on any atom is -0.492 e. The van der Waals surface area contributed by atoms with E-state index in [9.17, 15) is 0 Å². The molecule has 88 valence electrons. The van der Waals surface area contributed by atoms with Crippen LogP contribution in [0.1, 0.15) is 12.8 Å². The van der Waals surface area contributed by atoms with E-state index in [1.165, 1.54) is 6.42 Å². The van der Waals surface area contributed by atoms with Crippen LogP contribution in [0.15, 0.2) is 30.3 Å². The fourth-order valence-electron chi connectivity index (χ4n) is 1.85. The molecule has 1 heterocycles. The van der Waals surface area contributed by atoms with Crippen LogP contribution in [-0.4, -0.2) is 32.4 Å². The Kier molecular flexibility index (Phi) is 4.65. The summed E-state index contributed by atoms with van der Waals surface area (Å²) in [6, 6.07) is 10.4. The molecule has 1 aliphatic rings. The highest BCUT2D eigenvalue weighted by atomic mass is 16.5. The van der Waals surface area contributed by atoms with Crippen molar-refractivity contribution in [1.82, 2.24) is 5.32 Å². The van der Waals surface area contributed by atoms with E-state index in [2.05, 4.69) is 5.32 Å². The summed E-state index contributed by atoms with van der Waals surface area (Å²) < 4.78 is 11.0. The standard InChI is InChI=1S/C13H19NO2/c1-2-6-13(7-3-1)16-10-8-14-12-5-4-9-15-11-12/h1-3,6-7,12,14H,4-5,8-11H2. The fourth-order valence-corrected chi connectivity index (χ4v) is 1.85. The van der Waals surface area contributed by atoms with Gasteiger partial charge in [-0.2, -0.15) is 0 Å². The van der Waals surface area contributed by atoms with Gasteiger partial charge in [-0.05, 0) is 25.0 Å². The van der Waals surface area contributed by atoms with Crippen LogP contribution in [0.3, 0.4) is 0 Å². The first-order valence-corrected chi connectivity index (χ1v) is 5.94. The fraction of sp³-hybridized carbons (Fsp3) is 0.538. The van der Waals surface area contributed by atoms with Crippen molar-refractivity contribution in [3.05, 3.63) is 30.3 Å². The molecule has 1 fully saturated rings. The zero-order valence-electron chi connectivity index (χ0n) is 9.52. The van der Waals surface area contributed by atoms with Crippen LogP contribution < -0.4 is 10.1 Å². The van der Waals surface area contributed by atoms with Crippen LogP contribution in [0.4, 0.5) is 0 Å². The molecule has 0 saturated carbocycles. The van der Waals surface area contributed by atoms with Crippen molar-refractivity contribution in [3.8, 4) is 5.75 Å². The van der Waals surface area contributed by atoms with E-state index in [1.54, 1.807) is 0 Å². The van der Waals surface area contributed by atoms with Crippen LogP contribution in [0.5, 0.6) is 5.75 Å². The molecule has 0 spiro atoms. The van der Waals surface area contributed by atoms with Crippen molar-refractivity contribution < 1.29 is 9.47 Å². The summed E-state index contributed by atoms with van der Waals surface area (Å²) >= 11 is 0. The lowest BCUT2D eigenvalue weighted by Crippen LogP contribution is -2.38. The average Bonchev–Trinajstić information content (AvgIpc) is 2.37. The first-order chi connectivity index (χ1) is 7.95.